The number of likely N-dealkylation sites (N-methyl/N-ethyl adjacent to an activating group) is 1. The molecule has 0 unspecified atom stereocenters. The van der Waals surface area contributed by atoms with Gasteiger partial charge in [-0.05, 0) is 26.0 Å². The van der Waals surface area contributed by atoms with Gasteiger partial charge in [-0.15, -0.1) is 11.3 Å². The molecule has 0 spiro atoms. The number of aliphatic imine (C=N–C) groups is 1. The lowest BCUT2D eigenvalue weighted by atomic mass is 10.3. The fourth-order valence-electron chi connectivity index (χ4n) is 2.20. The molecule has 0 radical (unpaired) electrons. The van der Waals surface area contributed by atoms with E-state index in [-0.39, 0.29) is 11.6 Å². The Hall–Kier alpha value is -2.15. The number of aryl methyl sites for hydroxylation is 1. The van der Waals surface area contributed by atoms with Gasteiger partial charge < -0.3 is 15.0 Å². The predicted octanol–water partition coefficient (Wildman–Crippen LogP) is 3.11. The van der Waals surface area contributed by atoms with Crippen molar-refractivity contribution in [3.05, 3.63) is 46.2 Å². The van der Waals surface area contributed by atoms with Gasteiger partial charge in [-0.25, -0.2) is 9.37 Å². The molecule has 0 bridgehead atoms. The van der Waals surface area contributed by atoms with Crippen molar-refractivity contribution in [1.82, 2.24) is 15.2 Å². The molecule has 5 nitrogen and oxygen atoms in total. The third-order valence-electron chi connectivity index (χ3n) is 3.47. The van der Waals surface area contributed by atoms with Crippen LogP contribution in [-0.4, -0.2) is 49.1 Å². The summed E-state index contributed by atoms with van der Waals surface area (Å²) in [4.78, 5) is 12.2. The van der Waals surface area contributed by atoms with Gasteiger partial charge in [-0.2, -0.15) is 0 Å². The molecule has 2 aromatic rings. The second kappa shape index (κ2) is 9.98. The number of rotatable bonds is 8. The fourth-order valence-corrected chi connectivity index (χ4v) is 2.98. The number of para-hydroxylation sites is 1. The van der Waals surface area contributed by atoms with E-state index in [1.165, 1.54) is 10.9 Å². The van der Waals surface area contributed by atoms with Crippen molar-refractivity contribution in [1.29, 1.82) is 0 Å². The van der Waals surface area contributed by atoms with Crippen LogP contribution in [0.3, 0.4) is 0 Å². The van der Waals surface area contributed by atoms with E-state index in [9.17, 15) is 4.39 Å². The number of benzene rings is 1. The predicted molar refractivity (Wildman–Crippen MR) is 101 cm³/mol. The van der Waals surface area contributed by atoms with Gasteiger partial charge in [0.15, 0.2) is 17.5 Å². The summed E-state index contributed by atoms with van der Waals surface area (Å²) in [7, 11) is 1.94. The third-order valence-corrected chi connectivity index (χ3v) is 4.45. The maximum absolute atomic E-state index is 13.5. The lowest BCUT2D eigenvalue weighted by Gasteiger charge is -2.22. The molecule has 0 saturated heterocycles. The van der Waals surface area contributed by atoms with E-state index in [0.717, 1.165) is 23.9 Å². The monoisotopic (exact) mass is 364 g/mol. The van der Waals surface area contributed by atoms with Crippen LogP contribution in [0.2, 0.25) is 0 Å². The maximum atomic E-state index is 13.5. The van der Waals surface area contributed by atoms with Gasteiger partial charge >= 0.3 is 0 Å². The molecule has 0 amide bonds. The number of nitrogens with one attached hydrogen (secondary N) is 1. The second-order valence-corrected chi connectivity index (χ2v) is 6.87. The molecule has 1 aromatic heterocycles. The first-order valence-electron chi connectivity index (χ1n) is 8.38. The Labute approximate surface area is 152 Å². The lowest BCUT2D eigenvalue weighted by Crippen LogP contribution is -2.41. The zero-order chi connectivity index (χ0) is 18.1. The van der Waals surface area contributed by atoms with Gasteiger partial charge in [0.05, 0.1) is 11.6 Å². The SMILES string of the molecule is CCNC(=NCCc1ncc(C)s1)N(C)CCOc1ccccc1F. The minimum Gasteiger partial charge on any atom is -0.489 e. The van der Waals surface area contributed by atoms with Gasteiger partial charge in [0.1, 0.15) is 6.61 Å². The average molecular weight is 364 g/mol. The average Bonchev–Trinajstić information content (AvgIpc) is 3.01. The van der Waals surface area contributed by atoms with Crippen molar-refractivity contribution in [2.45, 2.75) is 20.3 Å². The summed E-state index contributed by atoms with van der Waals surface area (Å²) >= 11 is 1.70. The molecule has 1 heterocycles. The normalized spacial score (nSPS) is 11.4. The van der Waals surface area contributed by atoms with Crippen molar-refractivity contribution in [3.8, 4) is 5.75 Å². The molecule has 25 heavy (non-hydrogen) atoms. The van der Waals surface area contributed by atoms with Gasteiger partial charge in [0, 0.05) is 37.6 Å². The van der Waals surface area contributed by atoms with Crippen LogP contribution in [-0.2, 0) is 6.42 Å². The number of guanidine groups is 1. The number of aromatic nitrogens is 1. The molecular weight excluding hydrogens is 339 g/mol. The summed E-state index contributed by atoms with van der Waals surface area (Å²) in [5, 5.41) is 4.36. The zero-order valence-corrected chi connectivity index (χ0v) is 15.8. The lowest BCUT2D eigenvalue weighted by molar-refractivity contribution is 0.270. The van der Waals surface area contributed by atoms with Crippen LogP contribution >= 0.6 is 11.3 Å². The van der Waals surface area contributed by atoms with Crippen molar-refractivity contribution < 1.29 is 9.13 Å². The second-order valence-electron chi connectivity index (χ2n) is 5.55. The smallest absolute Gasteiger partial charge is 0.193 e. The van der Waals surface area contributed by atoms with E-state index in [1.807, 2.05) is 25.1 Å². The van der Waals surface area contributed by atoms with E-state index in [4.69, 9.17) is 4.74 Å². The van der Waals surface area contributed by atoms with Crippen LogP contribution in [0.4, 0.5) is 4.39 Å². The highest BCUT2D eigenvalue weighted by molar-refractivity contribution is 7.11. The van der Waals surface area contributed by atoms with Gasteiger partial charge in [0.2, 0.25) is 0 Å². The molecule has 2 rings (SSSR count). The highest BCUT2D eigenvalue weighted by Crippen LogP contribution is 2.15. The van der Waals surface area contributed by atoms with Crippen LogP contribution in [0, 0.1) is 12.7 Å². The number of nitrogens with zero attached hydrogens (tertiary/aromatic N) is 3. The summed E-state index contributed by atoms with van der Waals surface area (Å²) in [5.41, 5.74) is 0. The Morgan fingerprint density at radius 2 is 2.20 bits per heavy atom. The van der Waals surface area contributed by atoms with E-state index < -0.39 is 0 Å². The van der Waals surface area contributed by atoms with E-state index in [0.29, 0.717) is 19.7 Å². The third kappa shape index (κ3) is 6.34. The molecule has 0 atom stereocenters. The van der Waals surface area contributed by atoms with Crippen molar-refractivity contribution in [2.24, 2.45) is 4.99 Å². The number of halogens is 1. The van der Waals surface area contributed by atoms with Crippen LogP contribution in [0.5, 0.6) is 5.75 Å². The van der Waals surface area contributed by atoms with Crippen molar-refractivity contribution in [3.63, 3.8) is 0 Å². The summed E-state index contributed by atoms with van der Waals surface area (Å²) < 4.78 is 19.0. The van der Waals surface area contributed by atoms with E-state index in [1.54, 1.807) is 29.5 Å². The molecule has 1 aromatic carbocycles. The molecule has 136 valence electrons. The molecular formula is C18H25FN4OS. The van der Waals surface area contributed by atoms with Gasteiger partial charge in [-0.1, -0.05) is 12.1 Å². The molecule has 0 aliphatic heterocycles. The number of ether oxygens (including phenoxy) is 1. The number of hydrogen-bond acceptors (Lipinski definition) is 4. The minimum atomic E-state index is -0.343. The zero-order valence-electron chi connectivity index (χ0n) is 15.0. The summed E-state index contributed by atoms with van der Waals surface area (Å²) in [6, 6.07) is 6.43. The number of hydrogen-bond donors (Lipinski definition) is 1. The van der Waals surface area contributed by atoms with Crippen LogP contribution in [0.1, 0.15) is 16.8 Å². The maximum Gasteiger partial charge on any atom is 0.193 e. The topological polar surface area (TPSA) is 49.8 Å². The molecule has 7 heteroatoms. The van der Waals surface area contributed by atoms with Gasteiger partial charge in [0.25, 0.3) is 0 Å². The van der Waals surface area contributed by atoms with Crippen LogP contribution in [0.15, 0.2) is 35.5 Å². The molecule has 0 aliphatic rings. The Morgan fingerprint density at radius 3 is 2.88 bits per heavy atom. The largest absolute Gasteiger partial charge is 0.489 e. The summed E-state index contributed by atoms with van der Waals surface area (Å²) in [6.45, 7) is 6.53. The standard InChI is InChI=1S/C18H25FN4OS/c1-4-20-18(21-10-9-17-22-13-14(2)25-17)23(3)11-12-24-16-8-6-5-7-15(16)19/h5-8,13H,4,9-12H2,1-3H3,(H,20,21). The Balaban J connectivity index is 1.83. The Morgan fingerprint density at radius 1 is 1.40 bits per heavy atom. The molecule has 0 aliphatic carbocycles. The first-order valence-corrected chi connectivity index (χ1v) is 9.20. The van der Waals surface area contributed by atoms with Crippen molar-refractivity contribution >= 4 is 17.3 Å². The summed E-state index contributed by atoms with van der Waals surface area (Å²) in [6.07, 6.45) is 2.72. The van der Waals surface area contributed by atoms with Crippen molar-refractivity contribution in [2.75, 3.05) is 33.3 Å². The molecule has 1 N–H and O–H groups in total. The molecule has 0 saturated carbocycles. The highest BCUT2D eigenvalue weighted by Gasteiger charge is 2.07. The summed E-state index contributed by atoms with van der Waals surface area (Å²) in [5.74, 6) is 0.745. The highest BCUT2D eigenvalue weighted by atomic mass is 32.1. The first kappa shape index (κ1) is 19.2. The first-order chi connectivity index (χ1) is 12.1. The minimum absolute atomic E-state index is 0.275. The Kier molecular flexibility index (Phi) is 7.66. The number of thiazole rings is 1. The van der Waals surface area contributed by atoms with Crippen LogP contribution in [0.25, 0.3) is 0 Å². The Bertz CT molecular complexity index is 689. The molecule has 0 fully saturated rings. The van der Waals surface area contributed by atoms with Gasteiger partial charge in [-0.3, -0.25) is 4.99 Å². The van der Waals surface area contributed by atoms with E-state index in [2.05, 4.69) is 22.2 Å². The fraction of sp³-hybridized carbons (Fsp3) is 0.444. The quantitative estimate of drug-likeness (QED) is 0.578. The van der Waals surface area contributed by atoms with Crippen LogP contribution < -0.4 is 10.1 Å². The van der Waals surface area contributed by atoms with E-state index >= 15 is 0 Å².